The van der Waals surface area contributed by atoms with E-state index in [2.05, 4.69) is 19.2 Å². The van der Waals surface area contributed by atoms with E-state index in [0.717, 1.165) is 16.7 Å². The number of hydrogen-bond donors (Lipinski definition) is 4. The molecular weight excluding hydrogens is 679 g/mol. The maximum absolute atomic E-state index is 13.7. The molecule has 0 radical (unpaired) electrons. The third kappa shape index (κ3) is 7.51. The second kappa shape index (κ2) is 14.3. The molecule has 5 N–H and O–H groups in total. The van der Waals surface area contributed by atoms with Gasteiger partial charge in [0.25, 0.3) is 0 Å². The summed E-state index contributed by atoms with van der Waals surface area (Å²) in [6.07, 6.45) is 1.87. The van der Waals surface area contributed by atoms with Crippen LogP contribution in [0.5, 0.6) is 5.75 Å². The Morgan fingerprint density at radius 1 is 0.960 bits per heavy atom. The quantitative estimate of drug-likeness (QED) is 0.194. The Kier molecular flexibility index (Phi) is 10.5. The fourth-order valence-corrected chi connectivity index (χ4v) is 10.2. The highest BCUT2D eigenvalue weighted by molar-refractivity contribution is 7.93. The van der Waals surface area contributed by atoms with Gasteiger partial charge in [-0.15, -0.1) is 0 Å². The molecule has 13 heteroatoms. The largest absolute Gasteiger partial charge is 0.491 e. The molecule has 1 aliphatic carbocycles. The molecule has 1 unspecified atom stereocenters. The summed E-state index contributed by atoms with van der Waals surface area (Å²) in [5.74, 6) is 0.330. The van der Waals surface area contributed by atoms with Crippen LogP contribution >= 0.6 is 0 Å². The Bertz CT molecular complexity index is 1870. The smallest absolute Gasteiger partial charge is 0.243 e. The molecule has 3 fully saturated rings. The summed E-state index contributed by atoms with van der Waals surface area (Å²) in [6, 6.07) is 21.4. The standard InChI is InChI=1S/C37H49N3O8S2/c1-35(2,25-38)29-11-9-27(10-12-29)28-5-3-8-34(19-28)50(45,46)40-17-15-36(16-18-40)21-30(23-48-36)39-22-31(42)24-47-32-6-4-7-33(20-32)49(43,44)37(26-41)13-14-37/h3-12,19-20,30-31,39,41-42H,13-18,21-26,38H2,1-2H3/t30-,31?/m0/s1. The van der Waals surface area contributed by atoms with E-state index in [1.54, 1.807) is 34.6 Å². The van der Waals surface area contributed by atoms with Gasteiger partial charge in [0, 0.05) is 37.6 Å². The average Bonchev–Trinajstić information content (AvgIpc) is 3.86. The van der Waals surface area contributed by atoms with Gasteiger partial charge < -0.3 is 30.7 Å². The normalized spacial score (nSPS) is 21.3. The van der Waals surface area contributed by atoms with Gasteiger partial charge in [-0.05, 0) is 79.1 Å². The van der Waals surface area contributed by atoms with Crippen LogP contribution in [0.1, 0.15) is 51.5 Å². The topological polar surface area (TPSA) is 168 Å². The van der Waals surface area contributed by atoms with Crippen molar-refractivity contribution in [3.05, 3.63) is 78.4 Å². The molecule has 2 atom stereocenters. The van der Waals surface area contributed by atoms with Crippen LogP contribution in [0.3, 0.4) is 0 Å². The molecule has 0 aromatic heterocycles. The number of nitrogens with two attached hydrogens (primary N) is 1. The fraction of sp³-hybridized carbons (Fsp3) is 0.514. The van der Waals surface area contributed by atoms with Gasteiger partial charge in [0.1, 0.15) is 18.5 Å². The van der Waals surface area contributed by atoms with Gasteiger partial charge >= 0.3 is 0 Å². The van der Waals surface area contributed by atoms with E-state index in [-0.39, 0.29) is 34.4 Å². The molecule has 1 spiro atoms. The van der Waals surface area contributed by atoms with Crippen molar-refractivity contribution in [2.24, 2.45) is 5.73 Å². The molecule has 0 amide bonds. The molecule has 1 saturated carbocycles. The van der Waals surface area contributed by atoms with Gasteiger partial charge in [0.15, 0.2) is 9.84 Å². The number of piperidine rings is 1. The summed E-state index contributed by atoms with van der Waals surface area (Å²) < 4.78 is 65.7. The lowest BCUT2D eigenvalue weighted by atomic mass is 9.84. The van der Waals surface area contributed by atoms with E-state index < -0.39 is 42.9 Å². The summed E-state index contributed by atoms with van der Waals surface area (Å²) in [5, 5.41) is 23.5. The molecule has 272 valence electrons. The second-order valence-electron chi connectivity index (χ2n) is 14.7. The minimum atomic E-state index is -3.70. The van der Waals surface area contributed by atoms with Gasteiger partial charge in [-0.3, -0.25) is 0 Å². The van der Waals surface area contributed by atoms with E-state index in [0.29, 0.717) is 64.1 Å². The van der Waals surface area contributed by atoms with E-state index in [1.165, 1.54) is 12.1 Å². The number of aliphatic hydroxyl groups is 2. The van der Waals surface area contributed by atoms with Crippen LogP contribution in [0.15, 0.2) is 82.6 Å². The highest BCUT2D eigenvalue weighted by Crippen LogP contribution is 2.46. The maximum Gasteiger partial charge on any atom is 0.243 e. The first-order chi connectivity index (χ1) is 23.7. The van der Waals surface area contributed by atoms with Gasteiger partial charge in [-0.2, -0.15) is 4.31 Å². The van der Waals surface area contributed by atoms with Crippen LogP contribution < -0.4 is 15.8 Å². The molecule has 11 nitrogen and oxygen atoms in total. The molecule has 6 rings (SSSR count). The molecule has 2 heterocycles. The highest BCUT2D eigenvalue weighted by Gasteiger charge is 2.54. The summed E-state index contributed by atoms with van der Waals surface area (Å²) in [4.78, 5) is 0.370. The number of ether oxygens (including phenoxy) is 2. The molecule has 2 aliphatic heterocycles. The Hall–Kier alpha value is -2.88. The summed E-state index contributed by atoms with van der Waals surface area (Å²) in [5.41, 5.74) is 8.27. The highest BCUT2D eigenvalue weighted by atomic mass is 32.2. The van der Waals surface area contributed by atoms with Crippen molar-refractivity contribution in [2.75, 3.05) is 46.0 Å². The third-order valence-electron chi connectivity index (χ3n) is 10.7. The summed E-state index contributed by atoms with van der Waals surface area (Å²) >= 11 is 0. The summed E-state index contributed by atoms with van der Waals surface area (Å²) in [6.45, 7) is 5.69. The minimum absolute atomic E-state index is 0.00649. The number of sulfone groups is 1. The first-order valence-electron chi connectivity index (χ1n) is 17.3. The zero-order valence-corrected chi connectivity index (χ0v) is 30.4. The van der Waals surface area contributed by atoms with Crippen molar-refractivity contribution >= 4 is 19.9 Å². The maximum atomic E-state index is 13.7. The van der Waals surface area contributed by atoms with Crippen molar-refractivity contribution in [3.8, 4) is 16.9 Å². The third-order valence-corrected chi connectivity index (χ3v) is 15.1. The summed E-state index contributed by atoms with van der Waals surface area (Å²) in [7, 11) is -7.38. The zero-order valence-electron chi connectivity index (χ0n) is 28.8. The Morgan fingerprint density at radius 2 is 1.64 bits per heavy atom. The van der Waals surface area contributed by atoms with E-state index >= 15 is 0 Å². The van der Waals surface area contributed by atoms with Gasteiger partial charge in [-0.25, -0.2) is 16.8 Å². The van der Waals surface area contributed by atoms with Crippen LogP contribution in [0.2, 0.25) is 0 Å². The number of hydrogen-bond acceptors (Lipinski definition) is 10. The van der Waals surface area contributed by atoms with Gasteiger partial charge in [0.05, 0.1) is 33.4 Å². The number of nitrogens with zero attached hydrogens (tertiary/aromatic N) is 1. The van der Waals surface area contributed by atoms with Crippen molar-refractivity contribution in [3.63, 3.8) is 0 Å². The number of sulfonamides is 1. The van der Waals surface area contributed by atoms with Crippen LogP contribution in [0, 0.1) is 0 Å². The predicted molar refractivity (Wildman–Crippen MR) is 191 cm³/mol. The van der Waals surface area contributed by atoms with Crippen LogP contribution in [-0.2, 0) is 30.0 Å². The van der Waals surface area contributed by atoms with Crippen molar-refractivity contribution in [2.45, 2.75) is 83.7 Å². The van der Waals surface area contributed by atoms with E-state index in [9.17, 15) is 27.0 Å². The zero-order chi connectivity index (χ0) is 35.8. The molecule has 0 bridgehead atoms. The monoisotopic (exact) mass is 727 g/mol. The molecule has 3 aromatic carbocycles. The average molecular weight is 728 g/mol. The van der Waals surface area contributed by atoms with Crippen LogP contribution in [0.4, 0.5) is 0 Å². The van der Waals surface area contributed by atoms with Gasteiger partial charge in [0.2, 0.25) is 10.0 Å². The lowest BCUT2D eigenvalue weighted by molar-refractivity contribution is -0.0312. The van der Waals surface area contributed by atoms with E-state index in [4.69, 9.17) is 15.2 Å². The Labute approximate surface area is 295 Å². The molecule has 3 aromatic rings. The number of aliphatic hydroxyl groups excluding tert-OH is 2. The van der Waals surface area contributed by atoms with E-state index in [1.807, 2.05) is 30.3 Å². The number of nitrogens with one attached hydrogen (secondary N) is 1. The Morgan fingerprint density at radius 3 is 2.30 bits per heavy atom. The lowest BCUT2D eigenvalue weighted by Gasteiger charge is -2.38. The minimum Gasteiger partial charge on any atom is -0.491 e. The Balaban J connectivity index is 0.981. The molecule has 50 heavy (non-hydrogen) atoms. The first-order valence-corrected chi connectivity index (χ1v) is 20.2. The number of benzene rings is 3. The fourth-order valence-electron chi connectivity index (χ4n) is 6.86. The van der Waals surface area contributed by atoms with Crippen molar-refractivity contribution in [1.82, 2.24) is 9.62 Å². The van der Waals surface area contributed by atoms with Crippen molar-refractivity contribution in [1.29, 1.82) is 0 Å². The predicted octanol–water partition coefficient (Wildman–Crippen LogP) is 3.23. The molecular formula is C37H49N3O8S2. The van der Waals surface area contributed by atoms with Crippen LogP contribution in [0.25, 0.3) is 11.1 Å². The molecule has 3 aliphatic rings. The molecule has 2 saturated heterocycles. The van der Waals surface area contributed by atoms with Gasteiger partial charge in [-0.1, -0.05) is 56.3 Å². The van der Waals surface area contributed by atoms with Crippen LogP contribution in [-0.4, -0.2) is 99.8 Å². The SMILES string of the molecule is CC(C)(CN)c1ccc(-c2cccc(S(=O)(=O)N3CCC4(CC3)C[C@H](NCC(O)COc3cccc(S(=O)(=O)C5(CO)CC5)c3)CO4)c2)cc1. The second-order valence-corrected chi connectivity index (χ2v) is 19.0. The number of rotatable bonds is 14. The lowest BCUT2D eigenvalue weighted by Crippen LogP contribution is -2.47. The van der Waals surface area contributed by atoms with Crippen molar-refractivity contribution < 1.29 is 36.5 Å². The first kappa shape index (κ1) is 36.9.